The van der Waals surface area contributed by atoms with Crippen molar-refractivity contribution in [3.63, 3.8) is 0 Å². The highest BCUT2D eigenvalue weighted by Crippen LogP contribution is 2.42. The summed E-state index contributed by atoms with van der Waals surface area (Å²) >= 11 is 0. The van der Waals surface area contributed by atoms with Crippen LogP contribution in [0.25, 0.3) is 10.9 Å². The molecule has 3 saturated heterocycles. The molecule has 0 radical (unpaired) electrons. The highest BCUT2D eigenvalue weighted by Gasteiger charge is 2.47. The molecule has 0 saturated carbocycles. The van der Waals surface area contributed by atoms with Gasteiger partial charge in [0.2, 0.25) is 5.88 Å². The molecule has 0 amide bonds. The van der Waals surface area contributed by atoms with Crippen LogP contribution in [0.1, 0.15) is 50.6 Å². The zero-order valence-electron chi connectivity index (χ0n) is 18.9. The van der Waals surface area contributed by atoms with E-state index in [0.717, 1.165) is 51.6 Å². The smallest absolute Gasteiger partial charge is 0.324 e. The summed E-state index contributed by atoms with van der Waals surface area (Å²) in [5.41, 5.74) is 0.104. The van der Waals surface area contributed by atoms with E-state index in [2.05, 4.69) is 19.8 Å². The summed E-state index contributed by atoms with van der Waals surface area (Å²) in [5, 5.41) is 0.510. The van der Waals surface area contributed by atoms with Gasteiger partial charge in [-0.25, -0.2) is 13.8 Å². The number of fused-ring (bicyclic) bond motifs is 3. The largest absolute Gasteiger partial charge is 0.475 e. The molecule has 0 N–H and O–H groups in total. The molecule has 1 unspecified atom stereocenters. The van der Waals surface area contributed by atoms with E-state index in [9.17, 15) is 4.39 Å². The predicted molar refractivity (Wildman–Crippen MR) is 120 cm³/mol. The Labute approximate surface area is 191 Å². The van der Waals surface area contributed by atoms with Gasteiger partial charge in [0.1, 0.15) is 29.5 Å². The van der Waals surface area contributed by atoms with E-state index in [0.29, 0.717) is 36.7 Å². The summed E-state index contributed by atoms with van der Waals surface area (Å²) in [5.74, 6) is 0.522. The van der Waals surface area contributed by atoms with E-state index >= 15 is 4.39 Å². The third-order valence-corrected chi connectivity index (χ3v) is 7.65. The molecule has 176 valence electrons. The predicted octanol–water partition coefficient (Wildman–Crippen LogP) is 4.08. The van der Waals surface area contributed by atoms with Crippen LogP contribution in [0.3, 0.4) is 0 Å². The minimum Gasteiger partial charge on any atom is -0.475 e. The van der Waals surface area contributed by atoms with Gasteiger partial charge in [-0.15, -0.1) is 0 Å². The normalized spacial score (nSPS) is 29.6. The molecule has 33 heavy (non-hydrogen) atoms. The van der Waals surface area contributed by atoms with E-state index in [4.69, 9.17) is 14.5 Å². The Morgan fingerprint density at radius 1 is 1.15 bits per heavy atom. The van der Waals surface area contributed by atoms with E-state index in [1.165, 1.54) is 0 Å². The van der Waals surface area contributed by atoms with Gasteiger partial charge in [-0.2, -0.15) is 9.97 Å². The van der Waals surface area contributed by atoms with Crippen molar-refractivity contribution < 1.29 is 18.3 Å². The Morgan fingerprint density at radius 3 is 2.97 bits per heavy atom. The Bertz CT molecular complexity index is 1110. The number of anilines is 1. The van der Waals surface area contributed by atoms with Crippen molar-refractivity contribution in [1.29, 1.82) is 0 Å². The van der Waals surface area contributed by atoms with Gasteiger partial charge in [-0.3, -0.25) is 4.90 Å². The fourth-order valence-electron chi connectivity index (χ4n) is 6.01. The second kappa shape index (κ2) is 8.04. The number of hydrogen-bond acceptors (Lipinski definition) is 7. The minimum atomic E-state index is -0.817. The fraction of sp³-hybridized carbons (Fsp3) is 0.625. The molecule has 0 aromatic carbocycles. The molecule has 6 heterocycles. The quantitative estimate of drug-likeness (QED) is 0.644. The van der Waals surface area contributed by atoms with Gasteiger partial charge in [0.05, 0.1) is 18.0 Å². The molecule has 6 rings (SSSR count). The SMILES string of the molecule is Cc1nc2c3c(nc(O/C=C/C45CCCN4C[C@H](F)C5)nc3c1F)N1CCCCC[C@H]1CO2. The third kappa shape index (κ3) is 3.52. The first-order chi connectivity index (χ1) is 16.0. The van der Waals surface area contributed by atoms with Gasteiger partial charge in [-0.05, 0) is 45.2 Å². The lowest BCUT2D eigenvalue weighted by Gasteiger charge is -2.29. The first kappa shape index (κ1) is 21.0. The Kier molecular flexibility index (Phi) is 5.12. The number of halogens is 2. The summed E-state index contributed by atoms with van der Waals surface area (Å²) in [6.07, 6.45) is 9.40. The number of alkyl halides is 1. The van der Waals surface area contributed by atoms with Crippen molar-refractivity contribution in [2.24, 2.45) is 0 Å². The van der Waals surface area contributed by atoms with Crippen LogP contribution < -0.4 is 14.4 Å². The maximum Gasteiger partial charge on any atom is 0.324 e. The van der Waals surface area contributed by atoms with Gasteiger partial charge >= 0.3 is 6.01 Å². The van der Waals surface area contributed by atoms with Crippen molar-refractivity contribution >= 4 is 16.7 Å². The van der Waals surface area contributed by atoms with Crippen molar-refractivity contribution in [3.8, 4) is 11.9 Å². The van der Waals surface area contributed by atoms with Crippen molar-refractivity contribution in [1.82, 2.24) is 19.9 Å². The molecule has 0 spiro atoms. The Hall–Kier alpha value is -2.55. The first-order valence-electron chi connectivity index (χ1n) is 12.0. The van der Waals surface area contributed by atoms with Gasteiger partial charge in [-0.1, -0.05) is 12.8 Å². The van der Waals surface area contributed by atoms with Gasteiger partial charge in [0.25, 0.3) is 0 Å². The van der Waals surface area contributed by atoms with E-state index in [1.54, 1.807) is 13.2 Å². The van der Waals surface area contributed by atoms with Crippen LogP contribution in [0, 0.1) is 12.7 Å². The molecule has 7 nitrogen and oxygen atoms in total. The highest BCUT2D eigenvalue weighted by molar-refractivity contribution is 5.95. The van der Waals surface area contributed by atoms with Gasteiger partial charge in [0.15, 0.2) is 5.82 Å². The standard InChI is InChI=1S/C24H29F2N5O2/c1-15-19(26)20-18-21(31-10-4-2-3-6-17(31)14-33-22(18)27-15)29-23(28-20)32-11-8-24-7-5-9-30(24)13-16(25)12-24/h8,11,16-17H,2-7,9-10,12-14H2,1H3/b11-8+/t16-,17+,24?/m1/s1. The zero-order valence-corrected chi connectivity index (χ0v) is 18.9. The minimum absolute atomic E-state index is 0.0878. The lowest BCUT2D eigenvalue weighted by molar-refractivity contribution is 0.243. The number of hydrogen-bond donors (Lipinski definition) is 0. The van der Waals surface area contributed by atoms with Crippen molar-refractivity contribution in [2.45, 2.75) is 69.6 Å². The van der Waals surface area contributed by atoms with Crippen LogP contribution in [0.2, 0.25) is 0 Å². The average Bonchev–Trinajstić information content (AvgIpc) is 3.14. The van der Waals surface area contributed by atoms with Crippen LogP contribution in [-0.4, -0.2) is 63.8 Å². The average molecular weight is 458 g/mol. The van der Waals surface area contributed by atoms with Gasteiger partial charge in [0, 0.05) is 25.0 Å². The number of ether oxygens (including phenoxy) is 2. The summed E-state index contributed by atoms with van der Waals surface area (Å²) in [7, 11) is 0. The Balaban J connectivity index is 1.40. The monoisotopic (exact) mass is 457 g/mol. The summed E-state index contributed by atoms with van der Waals surface area (Å²) in [4.78, 5) is 17.9. The van der Waals surface area contributed by atoms with Crippen LogP contribution in [0.15, 0.2) is 12.3 Å². The molecule has 0 aliphatic carbocycles. The molecule has 2 aromatic rings. The zero-order chi connectivity index (χ0) is 22.6. The topological polar surface area (TPSA) is 63.6 Å². The lowest BCUT2D eigenvalue weighted by atomic mass is 9.94. The first-order valence-corrected chi connectivity index (χ1v) is 12.0. The van der Waals surface area contributed by atoms with Crippen molar-refractivity contribution in [3.05, 3.63) is 23.8 Å². The fourth-order valence-corrected chi connectivity index (χ4v) is 6.01. The van der Waals surface area contributed by atoms with E-state index in [-0.39, 0.29) is 28.8 Å². The molecule has 4 aliphatic heterocycles. The maximum atomic E-state index is 15.2. The van der Waals surface area contributed by atoms with E-state index in [1.807, 2.05) is 6.08 Å². The second-order valence-electron chi connectivity index (χ2n) is 9.75. The lowest BCUT2D eigenvalue weighted by Crippen LogP contribution is -2.38. The van der Waals surface area contributed by atoms with Crippen LogP contribution in [-0.2, 0) is 0 Å². The summed E-state index contributed by atoms with van der Waals surface area (Å²) < 4.78 is 41.1. The number of aromatic nitrogens is 3. The molecule has 9 heteroatoms. The maximum absolute atomic E-state index is 15.2. The molecular weight excluding hydrogens is 428 g/mol. The number of aryl methyl sites for hydroxylation is 1. The number of pyridine rings is 1. The molecule has 3 atom stereocenters. The molecule has 4 aliphatic rings. The van der Waals surface area contributed by atoms with Crippen LogP contribution in [0.4, 0.5) is 14.6 Å². The molecule has 3 fully saturated rings. The van der Waals surface area contributed by atoms with Gasteiger partial charge < -0.3 is 14.4 Å². The Morgan fingerprint density at radius 2 is 2.06 bits per heavy atom. The summed E-state index contributed by atoms with van der Waals surface area (Å²) in [6.45, 7) is 4.29. The van der Waals surface area contributed by atoms with Crippen LogP contribution >= 0.6 is 0 Å². The van der Waals surface area contributed by atoms with Crippen molar-refractivity contribution in [2.75, 3.05) is 31.1 Å². The molecule has 2 aromatic heterocycles. The highest BCUT2D eigenvalue weighted by atomic mass is 19.1. The second-order valence-corrected chi connectivity index (χ2v) is 9.75. The third-order valence-electron chi connectivity index (χ3n) is 7.65. The number of nitrogens with zero attached hydrogens (tertiary/aromatic N) is 5. The summed E-state index contributed by atoms with van der Waals surface area (Å²) in [6, 6.07) is 0.238. The number of rotatable bonds is 3. The molecule has 0 bridgehead atoms. The van der Waals surface area contributed by atoms with E-state index < -0.39 is 12.0 Å². The molecular formula is C24H29F2N5O2. The van der Waals surface area contributed by atoms with Crippen LogP contribution in [0.5, 0.6) is 11.9 Å².